The van der Waals surface area contributed by atoms with Gasteiger partial charge in [-0.3, -0.25) is 9.48 Å². The van der Waals surface area contributed by atoms with Crippen LogP contribution in [0, 0.1) is 5.92 Å². The minimum atomic E-state index is -0.0698. The molecule has 4 aromatic heterocycles. The third kappa shape index (κ3) is 3.40. The van der Waals surface area contributed by atoms with Crippen LogP contribution < -0.4 is 5.56 Å². The Bertz CT molecular complexity index is 1130. The molecule has 7 nitrogen and oxygen atoms in total. The Kier molecular flexibility index (Phi) is 4.56. The second kappa shape index (κ2) is 7.35. The fourth-order valence-corrected chi connectivity index (χ4v) is 4.69. The lowest BCUT2D eigenvalue weighted by atomic mass is 9.89. The van der Waals surface area contributed by atoms with E-state index in [2.05, 4.69) is 15.4 Å². The normalized spacial score (nSPS) is 15.4. The second-order valence-corrected chi connectivity index (χ2v) is 8.45. The average Bonchev–Trinajstić information content (AvgIpc) is 3.45. The molecule has 5 rings (SSSR count). The van der Waals surface area contributed by atoms with Crippen molar-refractivity contribution in [2.75, 3.05) is 0 Å². The van der Waals surface area contributed by atoms with Gasteiger partial charge < -0.3 is 4.57 Å². The molecule has 0 radical (unpaired) electrons. The number of hydrogen-bond donors (Lipinski definition) is 0. The van der Waals surface area contributed by atoms with E-state index in [1.165, 1.54) is 32.1 Å². The van der Waals surface area contributed by atoms with Crippen molar-refractivity contribution in [3.63, 3.8) is 0 Å². The molecule has 4 aromatic rings. The van der Waals surface area contributed by atoms with Crippen LogP contribution in [-0.2, 0) is 13.1 Å². The van der Waals surface area contributed by atoms with Crippen molar-refractivity contribution < 1.29 is 0 Å². The zero-order valence-electron chi connectivity index (χ0n) is 15.6. The van der Waals surface area contributed by atoms with Crippen LogP contribution in [0.5, 0.6) is 0 Å². The van der Waals surface area contributed by atoms with Crippen molar-refractivity contribution in [3.05, 3.63) is 58.2 Å². The number of aromatic nitrogens is 6. The highest BCUT2D eigenvalue weighted by Crippen LogP contribution is 2.25. The lowest BCUT2D eigenvalue weighted by Crippen LogP contribution is -2.22. The van der Waals surface area contributed by atoms with Crippen LogP contribution in [0.3, 0.4) is 0 Å². The van der Waals surface area contributed by atoms with E-state index in [1.54, 1.807) is 26.6 Å². The Morgan fingerprint density at radius 3 is 2.89 bits per heavy atom. The van der Waals surface area contributed by atoms with Gasteiger partial charge in [0.1, 0.15) is 16.9 Å². The molecule has 0 amide bonds. The molecule has 8 heteroatoms. The second-order valence-electron chi connectivity index (χ2n) is 7.50. The predicted octanol–water partition coefficient (Wildman–Crippen LogP) is 3.44. The summed E-state index contributed by atoms with van der Waals surface area (Å²) < 4.78 is 5.25. The molecule has 1 saturated carbocycles. The van der Waals surface area contributed by atoms with E-state index < -0.39 is 0 Å². The van der Waals surface area contributed by atoms with E-state index in [0.717, 1.165) is 22.8 Å². The van der Waals surface area contributed by atoms with Gasteiger partial charge in [0.05, 0.1) is 17.6 Å². The highest BCUT2D eigenvalue weighted by molar-refractivity contribution is 7.13. The van der Waals surface area contributed by atoms with Gasteiger partial charge in [0.25, 0.3) is 5.56 Å². The minimum absolute atomic E-state index is 0.0698. The monoisotopic (exact) mass is 394 g/mol. The van der Waals surface area contributed by atoms with Gasteiger partial charge in [-0.1, -0.05) is 30.5 Å². The van der Waals surface area contributed by atoms with Crippen molar-refractivity contribution in [1.29, 1.82) is 0 Å². The highest BCUT2D eigenvalue weighted by atomic mass is 32.1. The number of thiophene rings is 1. The standard InChI is InChI=1S/C20H22N6OS/c27-20-18-11-17(19-7-4-10-28-19)22-26(18)9-8-24(20)13-16-14-25(23-21-16)12-15-5-2-1-3-6-15/h4,7-11,14-15H,1-3,5-6,12-13H2. The summed E-state index contributed by atoms with van der Waals surface area (Å²) in [6, 6.07) is 5.85. The molecular weight excluding hydrogens is 372 g/mol. The summed E-state index contributed by atoms with van der Waals surface area (Å²) in [6.45, 7) is 1.34. The Morgan fingerprint density at radius 1 is 1.18 bits per heavy atom. The van der Waals surface area contributed by atoms with Gasteiger partial charge in [-0.15, -0.1) is 16.4 Å². The molecule has 0 aliphatic heterocycles. The first-order valence-electron chi connectivity index (χ1n) is 9.78. The lowest BCUT2D eigenvalue weighted by Gasteiger charge is -2.20. The van der Waals surface area contributed by atoms with Crippen molar-refractivity contribution in [2.24, 2.45) is 5.92 Å². The molecule has 1 aliphatic carbocycles. The number of fused-ring (bicyclic) bond motifs is 1. The Hall–Kier alpha value is -2.74. The first-order valence-corrected chi connectivity index (χ1v) is 10.7. The van der Waals surface area contributed by atoms with Gasteiger partial charge in [-0.05, 0) is 36.3 Å². The van der Waals surface area contributed by atoms with E-state index in [9.17, 15) is 4.79 Å². The van der Waals surface area contributed by atoms with Crippen LogP contribution in [0.1, 0.15) is 37.8 Å². The average molecular weight is 395 g/mol. The summed E-state index contributed by atoms with van der Waals surface area (Å²) >= 11 is 1.62. The van der Waals surface area contributed by atoms with Crippen LogP contribution >= 0.6 is 11.3 Å². The zero-order valence-corrected chi connectivity index (χ0v) is 16.4. The number of hydrogen-bond acceptors (Lipinski definition) is 5. The van der Waals surface area contributed by atoms with Gasteiger partial charge in [0.2, 0.25) is 0 Å². The molecule has 1 aliphatic rings. The van der Waals surface area contributed by atoms with E-state index in [-0.39, 0.29) is 5.56 Å². The van der Waals surface area contributed by atoms with Gasteiger partial charge in [0.15, 0.2) is 0 Å². The fourth-order valence-electron chi connectivity index (χ4n) is 4.00. The number of rotatable bonds is 5. The largest absolute Gasteiger partial charge is 0.306 e. The third-order valence-electron chi connectivity index (χ3n) is 5.47. The van der Waals surface area contributed by atoms with Crippen LogP contribution in [0.15, 0.2) is 47.0 Å². The first-order chi connectivity index (χ1) is 13.8. The predicted molar refractivity (Wildman–Crippen MR) is 108 cm³/mol. The molecule has 0 atom stereocenters. The summed E-state index contributed by atoms with van der Waals surface area (Å²) in [4.78, 5) is 13.9. The molecule has 28 heavy (non-hydrogen) atoms. The summed E-state index contributed by atoms with van der Waals surface area (Å²) in [6.07, 6.45) is 12.1. The molecule has 0 N–H and O–H groups in total. The van der Waals surface area contributed by atoms with Gasteiger partial charge in [-0.2, -0.15) is 5.10 Å². The van der Waals surface area contributed by atoms with Gasteiger partial charge in [-0.25, -0.2) is 4.52 Å². The summed E-state index contributed by atoms with van der Waals surface area (Å²) in [5.74, 6) is 0.699. The Labute approximate surface area is 166 Å². The zero-order chi connectivity index (χ0) is 18.9. The van der Waals surface area contributed by atoms with Gasteiger partial charge in [0, 0.05) is 18.9 Å². The summed E-state index contributed by atoms with van der Waals surface area (Å²) in [5.41, 5.74) is 2.13. The van der Waals surface area contributed by atoms with E-state index in [0.29, 0.717) is 18.0 Å². The highest BCUT2D eigenvalue weighted by Gasteiger charge is 2.15. The maximum Gasteiger partial charge on any atom is 0.276 e. The Morgan fingerprint density at radius 2 is 2.07 bits per heavy atom. The van der Waals surface area contributed by atoms with Crippen molar-refractivity contribution >= 4 is 16.9 Å². The van der Waals surface area contributed by atoms with E-state index >= 15 is 0 Å². The van der Waals surface area contributed by atoms with Gasteiger partial charge >= 0.3 is 0 Å². The smallest absolute Gasteiger partial charge is 0.276 e. The molecule has 0 aromatic carbocycles. The molecule has 0 unspecified atom stereocenters. The summed E-state index contributed by atoms with van der Waals surface area (Å²) in [5, 5.41) is 15.1. The third-order valence-corrected chi connectivity index (χ3v) is 6.36. The minimum Gasteiger partial charge on any atom is -0.306 e. The Balaban J connectivity index is 1.36. The van der Waals surface area contributed by atoms with Crippen LogP contribution in [-0.4, -0.2) is 29.2 Å². The van der Waals surface area contributed by atoms with Crippen LogP contribution in [0.2, 0.25) is 0 Å². The molecule has 4 heterocycles. The van der Waals surface area contributed by atoms with Crippen LogP contribution in [0.25, 0.3) is 16.1 Å². The molecular formula is C20H22N6OS. The fraction of sp³-hybridized carbons (Fsp3) is 0.400. The first kappa shape index (κ1) is 17.4. The molecule has 0 saturated heterocycles. The van der Waals surface area contributed by atoms with Crippen molar-refractivity contribution in [2.45, 2.75) is 45.2 Å². The molecule has 0 spiro atoms. The summed E-state index contributed by atoms with van der Waals surface area (Å²) in [7, 11) is 0. The number of nitrogens with zero attached hydrogens (tertiary/aromatic N) is 6. The molecule has 1 fully saturated rings. The van der Waals surface area contributed by atoms with Crippen LogP contribution in [0.4, 0.5) is 0 Å². The van der Waals surface area contributed by atoms with Crippen molar-refractivity contribution in [3.8, 4) is 10.6 Å². The van der Waals surface area contributed by atoms with Crippen molar-refractivity contribution in [1.82, 2.24) is 29.2 Å². The maximum atomic E-state index is 12.9. The maximum absolute atomic E-state index is 12.9. The topological polar surface area (TPSA) is 70.0 Å². The quantitative estimate of drug-likeness (QED) is 0.520. The lowest BCUT2D eigenvalue weighted by molar-refractivity contribution is 0.305. The SMILES string of the molecule is O=c1c2cc(-c3cccs3)nn2ccn1Cc1cn(CC2CCCCC2)nn1. The molecule has 144 valence electrons. The van der Waals surface area contributed by atoms with E-state index in [4.69, 9.17) is 0 Å². The molecule has 0 bridgehead atoms. The van der Waals surface area contributed by atoms with E-state index in [1.807, 2.05) is 40.7 Å².